The fourth-order valence-corrected chi connectivity index (χ4v) is 6.88. The number of aryl methyl sites for hydroxylation is 2. The van der Waals surface area contributed by atoms with Gasteiger partial charge in [0.15, 0.2) is 0 Å². The Morgan fingerprint density at radius 1 is 1.08 bits per heavy atom. The van der Waals surface area contributed by atoms with Crippen LogP contribution in [0.2, 0.25) is 0 Å². The van der Waals surface area contributed by atoms with Crippen LogP contribution < -0.4 is 10.6 Å². The summed E-state index contributed by atoms with van der Waals surface area (Å²) in [6.45, 7) is 9.13. The van der Waals surface area contributed by atoms with E-state index in [4.69, 9.17) is 4.74 Å². The second-order valence-corrected chi connectivity index (χ2v) is 11.1. The molecule has 3 amide bonds. The molecule has 3 unspecified atom stereocenters. The van der Waals surface area contributed by atoms with Crippen molar-refractivity contribution in [2.75, 3.05) is 17.2 Å². The Kier molecular flexibility index (Phi) is 6.15. The molecule has 3 aliphatic rings. The third kappa shape index (κ3) is 3.68. The van der Waals surface area contributed by atoms with Crippen LogP contribution in [0, 0.1) is 31.6 Å². The molecule has 0 radical (unpaired) electrons. The van der Waals surface area contributed by atoms with Gasteiger partial charge in [0.25, 0.3) is 0 Å². The smallest absolute Gasteiger partial charge is 0.250 e. The van der Waals surface area contributed by atoms with E-state index in [-0.39, 0.29) is 30.2 Å². The predicted octanol–water partition coefficient (Wildman–Crippen LogP) is 3.27. The zero-order chi connectivity index (χ0) is 26.7. The number of carbonyl (C=O) groups is 3. The quantitative estimate of drug-likeness (QED) is 0.559. The van der Waals surface area contributed by atoms with Gasteiger partial charge in [-0.15, -0.1) is 0 Å². The highest BCUT2D eigenvalue weighted by Gasteiger charge is 2.80. The number of likely N-dealkylation sites (tertiary alicyclic amines) is 1. The van der Waals surface area contributed by atoms with Crippen LogP contribution in [0.1, 0.15) is 38.3 Å². The number of para-hydroxylation sites is 2. The van der Waals surface area contributed by atoms with Gasteiger partial charge in [-0.1, -0.05) is 43.3 Å². The molecule has 3 fully saturated rings. The number of ether oxygens (including phenoxy) is 1. The maximum absolute atomic E-state index is 14.1. The van der Waals surface area contributed by atoms with Gasteiger partial charge < -0.3 is 25.4 Å². The van der Waals surface area contributed by atoms with Crippen LogP contribution in [0.3, 0.4) is 0 Å². The van der Waals surface area contributed by atoms with E-state index in [2.05, 4.69) is 10.6 Å². The average molecular weight is 506 g/mol. The first-order valence-electron chi connectivity index (χ1n) is 12.9. The number of amides is 3. The minimum atomic E-state index is -1.17. The van der Waals surface area contributed by atoms with Crippen LogP contribution in [-0.2, 0) is 19.1 Å². The lowest BCUT2D eigenvalue weighted by Crippen LogP contribution is -2.56. The van der Waals surface area contributed by atoms with Gasteiger partial charge in [-0.05, 0) is 63.3 Å². The van der Waals surface area contributed by atoms with E-state index in [0.717, 1.165) is 11.1 Å². The number of rotatable bonds is 6. The third-order valence-corrected chi connectivity index (χ3v) is 8.79. The molecule has 7 atom stereocenters. The van der Waals surface area contributed by atoms with Crippen LogP contribution >= 0.6 is 0 Å². The Morgan fingerprint density at radius 3 is 2.35 bits per heavy atom. The van der Waals surface area contributed by atoms with Crippen LogP contribution in [0.5, 0.6) is 0 Å². The first-order chi connectivity index (χ1) is 17.5. The van der Waals surface area contributed by atoms with E-state index in [1.165, 1.54) is 4.90 Å². The van der Waals surface area contributed by atoms with Crippen LogP contribution in [0.4, 0.5) is 11.4 Å². The number of nitrogens with zero attached hydrogens (tertiary/aromatic N) is 1. The van der Waals surface area contributed by atoms with E-state index in [0.29, 0.717) is 17.8 Å². The molecule has 8 heteroatoms. The first kappa shape index (κ1) is 25.4. The number of nitrogens with one attached hydrogen (secondary N) is 2. The van der Waals surface area contributed by atoms with Crippen molar-refractivity contribution in [1.82, 2.24) is 4.90 Å². The minimum Gasteiger partial charge on any atom is -0.394 e. The molecule has 0 aliphatic carbocycles. The highest BCUT2D eigenvalue weighted by molar-refractivity contribution is 6.05. The second-order valence-electron chi connectivity index (χ2n) is 11.1. The van der Waals surface area contributed by atoms with Crippen molar-refractivity contribution in [1.29, 1.82) is 0 Å². The molecule has 196 valence electrons. The summed E-state index contributed by atoms with van der Waals surface area (Å²) in [5.74, 6) is -2.67. The van der Waals surface area contributed by atoms with Gasteiger partial charge in [-0.2, -0.15) is 0 Å². The number of fused-ring (bicyclic) bond motifs is 1. The Balaban J connectivity index is 1.57. The summed E-state index contributed by atoms with van der Waals surface area (Å²) in [5.41, 5.74) is 1.06. The molecular formula is C29H35N3O5. The largest absolute Gasteiger partial charge is 0.394 e. The Hall–Kier alpha value is -3.23. The SMILES string of the molecule is Cc1cccc(C)c1NC(=O)C1N([C@H](C)CO)C(=O)[C@@H]2[C@@H](C(=O)Nc3ccccc3)[C@]3(C)OC12CC3C. The van der Waals surface area contributed by atoms with E-state index < -0.39 is 35.1 Å². The molecule has 3 N–H and O–H groups in total. The first-order valence-corrected chi connectivity index (χ1v) is 12.9. The van der Waals surface area contributed by atoms with Gasteiger partial charge in [0.2, 0.25) is 17.7 Å². The topological polar surface area (TPSA) is 108 Å². The third-order valence-electron chi connectivity index (χ3n) is 8.79. The molecule has 5 rings (SSSR count). The Morgan fingerprint density at radius 2 is 1.73 bits per heavy atom. The summed E-state index contributed by atoms with van der Waals surface area (Å²) in [5, 5.41) is 16.1. The number of hydrogen-bond donors (Lipinski definition) is 3. The molecule has 3 saturated heterocycles. The monoisotopic (exact) mass is 505 g/mol. The van der Waals surface area contributed by atoms with Gasteiger partial charge >= 0.3 is 0 Å². The molecule has 2 bridgehead atoms. The highest BCUT2D eigenvalue weighted by atomic mass is 16.5. The van der Waals surface area contributed by atoms with E-state index >= 15 is 0 Å². The van der Waals surface area contributed by atoms with Crippen LogP contribution in [-0.4, -0.2) is 57.6 Å². The number of carbonyl (C=O) groups excluding carboxylic acids is 3. The van der Waals surface area contributed by atoms with E-state index in [1.54, 1.807) is 19.1 Å². The minimum absolute atomic E-state index is 0.0667. The zero-order valence-corrected chi connectivity index (χ0v) is 21.9. The predicted molar refractivity (Wildman–Crippen MR) is 140 cm³/mol. The van der Waals surface area contributed by atoms with Crippen LogP contribution in [0.25, 0.3) is 0 Å². The van der Waals surface area contributed by atoms with Gasteiger partial charge in [0, 0.05) is 11.4 Å². The normalized spacial score (nSPS) is 32.8. The second kappa shape index (κ2) is 8.96. The molecule has 0 aromatic heterocycles. The van der Waals surface area contributed by atoms with Crippen molar-refractivity contribution in [2.24, 2.45) is 17.8 Å². The van der Waals surface area contributed by atoms with Gasteiger partial charge in [0.05, 0.1) is 30.1 Å². The highest BCUT2D eigenvalue weighted by Crippen LogP contribution is 2.65. The fraction of sp³-hybridized carbons (Fsp3) is 0.483. The lowest BCUT2D eigenvalue weighted by atomic mass is 9.62. The summed E-state index contributed by atoms with van der Waals surface area (Å²) in [6, 6.07) is 13.3. The molecule has 3 aliphatic heterocycles. The van der Waals surface area contributed by atoms with Crippen LogP contribution in [0.15, 0.2) is 48.5 Å². The summed E-state index contributed by atoms with van der Waals surface area (Å²) >= 11 is 0. The van der Waals surface area contributed by atoms with E-state index in [1.807, 2.05) is 64.1 Å². The van der Waals surface area contributed by atoms with Crippen molar-refractivity contribution >= 4 is 29.1 Å². The van der Waals surface area contributed by atoms with Gasteiger partial charge in [-0.3, -0.25) is 14.4 Å². The lowest BCUT2D eigenvalue weighted by Gasteiger charge is -2.36. The lowest BCUT2D eigenvalue weighted by molar-refractivity contribution is -0.147. The maximum Gasteiger partial charge on any atom is 0.250 e. The summed E-state index contributed by atoms with van der Waals surface area (Å²) < 4.78 is 6.72. The van der Waals surface area contributed by atoms with Crippen molar-refractivity contribution in [3.8, 4) is 0 Å². The molecule has 2 aromatic carbocycles. The molecule has 1 spiro atoms. The Bertz CT molecular complexity index is 1230. The van der Waals surface area contributed by atoms with E-state index in [9.17, 15) is 19.5 Å². The standard InChI is InChI=1S/C29H35N3O5/c1-16-10-9-11-17(2)23(16)31-26(35)24-29-14-18(3)28(5,37-29)21(22(29)27(36)32(24)19(4)15-33)25(34)30-20-12-7-6-8-13-20/h6-13,18-19,21-22,24,33H,14-15H2,1-5H3,(H,30,34)(H,31,35)/t18?,19-,21+,22+,24?,28-,29?/m1/s1. The molecule has 8 nitrogen and oxygen atoms in total. The summed E-state index contributed by atoms with van der Waals surface area (Å²) in [4.78, 5) is 43.3. The summed E-state index contributed by atoms with van der Waals surface area (Å²) in [6.07, 6.45) is 0.467. The summed E-state index contributed by atoms with van der Waals surface area (Å²) in [7, 11) is 0. The van der Waals surface area contributed by atoms with Gasteiger partial charge in [0.1, 0.15) is 11.6 Å². The molecular weight excluding hydrogens is 470 g/mol. The molecule has 37 heavy (non-hydrogen) atoms. The number of anilines is 2. The number of hydrogen-bond acceptors (Lipinski definition) is 5. The zero-order valence-electron chi connectivity index (χ0n) is 21.9. The van der Waals surface area contributed by atoms with Crippen molar-refractivity contribution in [3.05, 3.63) is 59.7 Å². The van der Waals surface area contributed by atoms with Gasteiger partial charge in [-0.25, -0.2) is 0 Å². The fourth-order valence-electron chi connectivity index (χ4n) is 6.88. The van der Waals surface area contributed by atoms with Crippen molar-refractivity contribution in [3.63, 3.8) is 0 Å². The molecule has 2 aromatic rings. The average Bonchev–Trinajstić information content (AvgIpc) is 3.38. The number of aliphatic hydroxyl groups excluding tert-OH is 1. The number of benzene rings is 2. The number of aliphatic hydroxyl groups is 1. The maximum atomic E-state index is 14.1. The Labute approximate surface area is 217 Å². The molecule has 3 heterocycles. The molecule has 0 saturated carbocycles. The van der Waals surface area contributed by atoms with Crippen molar-refractivity contribution in [2.45, 2.75) is 64.3 Å². The van der Waals surface area contributed by atoms with Crippen molar-refractivity contribution < 1.29 is 24.2 Å².